The van der Waals surface area contributed by atoms with Gasteiger partial charge in [-0.2, -0.15) is 0 Å². The van der Waals surface area contributed by atoms with E-state index >= 15 is 0 Å². The second-order valence-electron chi connectivity index (χ2n) is 4.02. The van der Waals surface area contributed by atoms with E-state index in [9.17, 15) is 4.79 Å². The van der Waals surface area contributed by atoms with Crippen LogP contribution in [0.25, 0.3) is 0 Å². The van der Waals surface area contributed by atoms with Gasteiger partial charge < -0.3 is 0 Å². The van der Waals surface area contributed by atoms with Crippen molar-refractivity contribution < 1.29 is 4.79 Å². The van der Waals surface area contributed by atoms with Crippen LogP contribution in [0, 0.1) is 6.92 Å². The summed E-state index contributed by atoms with van der Waals surface area (Å²) in [6.45, 7) is 1.90. The lowest BCUT2D eigenvalue weighted by atomic mass is 10.0. The minimum absolute atomic E-state index is 0.0300. The van der Waals surface area contributed by atoms with E-state index in [2.05, 4.69) is 0 Å². The van der Waals surface area contributed by atoms with Crippen molar-refractivity contribution in [2.45, 2.75) is 11.8 Å². The summed E-state index contributed by atoms with van der Waals surface area (Å²) in [6, 6.07) is 13.0. The largest absolute Gasteiger partial charge is 0.289 e. The Bertz CT molecular complexity index is 576. The summed E-state index contributed by atoms with van der Waals surface area (Å²) < 4.78 is 0. The minimum Gasteiger partial charge on any atom is -0.289 e. The normalized spacial score (nSPS) is 10.4. The van der Waals surface area contributed by atoms with Gasteiger partial charge in [0.2, 0.25) is 0 Å². The molecule has 2 rings (SSSR count). The number of thioether (sulfide) groups is 1. The summed E-state index contributed by atoms with van der Waals surface area (Å²) in [5, 5.41) is 0.685. The quantitative estimate of drug-likeness (QED) is 0.602. The van der Waals surface area contributed by atoms with Crippen molar-refractivity contribution in [3.63, 3.8) is 0 Å². The number of ketones is 1. The van der Waals surface area contributed by atoms with Crippen LogP contribution in [0.1, 0.15) is 21.5 Å². The molecule has 2 aromatic carbocycles. The van der Waals surface area contributed by atoms with Crippen LogP contribution in [0.4, 0.5) is 0 Å². The van der Waals surface area contributed by atoms with E-state index in [0.29, 0.717) is 16.1 Å². The third-order valence-corrected chi connectivity index (χ3v) is 3.94. The van der Waals surface area contributed by atoms with Crippen molar-refractivity contribution in [1.82, 2.24) is 0 Å². The number of hydrogen-bond donors (Lipinski definition) is 0. The van der Waals surface area contributed by atoms with Crippen LogP contribution in [-0.2, 0) is 0 Å². The molecule has 2 aromatic rings. The Hall–Kier alpha value is -1.25. The molecule has 0 aromatic heterocycles. The van der Waals surface area contributed by atoms with Crippen LogP contribution in [0.15, 0.2) is 47.4 Å². The number of halogens is 1. The summed E-state index contributed by atoms with van der Waals surface area (Å²) in [4.78, 5) is 13.4. The van der Waals surface area contributed by atoms with Gasteiger partial charge in [-0.15, -0.1) is 11.8 Å². The number of carbonyl (C=O) groups excluding carboxylic acids is 1. The molecule has 0 unspecified atom stereocenters. The maximum Gasteiger partial charge on any atom is 0.193 e. The van der Waals surface area contributed by atoms with E-state index in [1.807, 2.05) is 43.5 Å². The first kappa shape index (κ1) is 13.2. The monoisotopic (exact) mass is 276 g/mol. The fraction of sp³-hybridized carbons (Fsp3) is 0.133. The zero-order valence-electron chi connectivity index (χ0n) is 10.2. The highest BCUT2D eigenvalue weighted by Gasteiger charge is 2.09. The molecule has 0 radical (unpaired) electrons. The van der Waals surface area contributed by atoms with Crippen molar-refractivity contribution in [2.24, 2.45) is 0 Å². The first-order valence-electron chi connectivity index (χ1n) is 5.56. The van der Waals surface area contributed by atoms with Gasteiger partial charge in [-0.05, 0) is 61.2 Å². The molecule has 0 atom stereocenters. The minimum atomic E-state index is 0.0300. The Balaban J connectivity index is 2.32. The third kappa shape index (κ3) is 2.77. The van der Waals surface area contributed by atoms with Gasteiger partial charge >= 0.3 is 0 Å². The predicted octanol–water partition coefficient (Wildman–Crippen LogP) is 4.60. The highest BCUT2D eigenvalue weighted by atomic mass is 35.5. The highest BCUT2D eigenvalue weighted by Crippen LogP contribution is 2.20. The van der Waals surface area contributed by atoms with E-state index in [4.69, 9.17) is 11.6 Å². The van der Waals surface area contributed by atoms with Gasteiger partial charge in [-0.3, -0.25) is 4.79 Å². The van der Waals surface area contributed by atoms with E-state index in [1.54, 1.807) is 23.9 Å². The molecule has 92 valence electrons. The average molecular weight is 277 g/mol. The number of benzene rings is 2. The first-order valence-corrected chi connectivity index (χ1v) is 7.17. The van der Waals surface area contributed by atoms with Crippen LogP contribution >= 0.6 is 23.4 Å². The molecular formula is C15H13ClOS. The number of carbonyl (C=O) groups is 1. The lowest BCUT2D eigenvalue weighted by Crippen LogP contribution is -2.01. The number of rotatable bonds is 3. The van der Waals surface area contributed by atoms with Crippen molar-refractivity contribution >= 4 is 29.1 Å². The third-order valence-electron chi connectivity index (χ3n) is 2.77. The second-order valence-corrected chi connectivity index (χ2v) is 5.31. The van der Waals surface area contributed by atoms with Crippen molar-refractivity contribution in [3.8, 4) is 0 Å². The Morgan fingerprint density at radius 3 is 2.22 bits per heavy atom. The molecule has 0 spiro atoms. The van der Waals surface area contributed by atoms with Crippen molar-refractivity contribution in [3.05, 3.63) is 64.2 Å². The van der Waals surface area contributed by atoms with Gasteiger partial charge in [0.15, 0.2) is 5.78 Å². The molecule has 0 aliphatic carbocycles. The van der Waals surface area contributed by atoms with Crippen LogP contribution in [0.5, 0.6) is 0 Å². The van der Waals surface area contributed by atoms with E-state index in [-0.39, 0.29) is 5.78 Å². The van der Waals surface area contributed by atoms with Crippen molar-refractivity contribution in [2.75, 3.05) is 6.26 Å². The molecule has 3 heteroatoms. The van der Waals surface area contributed by atoms with Crippen LogP contribution in [0.2, 0.25) is 5.02 Å². The molecule has 1 nitrogen and oxygen atoms in total. The maximum absolute atomic E-state index is 12.3. The molecular weight excluding hydrogens is 264 g/mol. The maximum atomic E-state index is 12.3. The lowest BCUT2D eigenvalue weighted by Gasteiger charge is -2.04. The standard InChI is InChI=1S/C15H13ClOS/c1-10-9-12(5-8-14(10)16)15(17)11-3-6-13(18-2)7-4-11/h3-9H,1-2H3. The van der Waals surface area contributed by atoms with Crippen LogP contribution in [-0.4, -0.2) is 12.0 Å². The molecule has 0 bridgehead atoms. The molecule has 0 fully saturated rings. The number of aryl methyl sites for hydroxylation is 1. The first-order chi connectivity index (χ1) is 8.61. The summed E-state index contributed by atoms with van der Waals surface area (Å²) >= 11 is 7.62. The Morgan fingerprint density at radius 1 is 1.06 bits per heavy atom. The predicted molar refractivity (Wildman–Crippen MR) is 77.8 cm³/mol. The van der Waals surface area contributed by atoms with Gasteiger partial charge in [-0.25, -0.2) is 0 Å². The zero-order valence-corrected chi connectivity index (χ0v) is 11.8. The van der Waals surface area contributed by atoms with Crippen molar-refractivity contribution in [1.29, 1.82) is 0 Å². The summed E-state index contributed by atoms with van der Waals surface area (Å²) in [6.07, 6.45) is 2.01. The number of hydrogen-bond acceptors (Lipinski definition) is 2. The van der Waals surface area contributed by atoms with Gasteiger partial charge in [0.25, 0.3) is 0 Å². The fourth-order valence-corrected chi connectivity index (χ4v) is 2.22. The Labute approximate surface area is 116 Å². The van der Waals surface area contributed by atoms with Gasteiger partial charge in [0.1, 0.15) is 0 Å². The van der Waals surface area contributed by atoms with E-state index in [1.165, 1.54) is 0 Å². The summed E-state index contributed by atoms with van der Waals surface area (Å²) in [7, 11) is 0. The van der Waals surface area contributed by atoms with E-state index in [0.717, 1.165) is 10.5 Å². The molecule has 0 N–H and O–H groups in total. The van der Waals surface area contributed by atoms with Gasteiger partial charge in [-0.1, -0.05) is 11.6 Å². The summed E-state index contributed by atoms with van der Waals surface area (Å²) in [5.74, 6) is 0.0300. The van der Waals surface area contributed by atoms with Gasteiger partial charge in [0.05, 0.1) is 0 Å². The molecule has 0 amide bonds. The zero-order chi connectivity index (χ0) is 13.1. The second kappa shape index (κ2) is 5.59. The van der Waals surface area contributed by atoms with Crippen LogP contribution < -0.4 is 0 Å². The SMILES string of the molecule is CSc1ccc(C(=O)c2ccc(Cl)c(C)c2)cc1. The molecule has 18 heavy (non-hydrogen) atoms. The Morgan fingerprint density at radius 2 is 1.67 bits per heavy atom. The molecule has 0 heterocycles. The van der Waals surface area contributed by atoms with Gasteiger partial charge in [0, 0.05) is 21.0 Å². The molecule has 0 aliphatic rings. The molecule has 0 saturated heterocycles. The smallest absolute Gasteiger partial charge is 0.193 e. The lowest BCUT2D eigenvalue weighted by molar-refractivity contribution is 0.103. The van der Waals surface area contributed by atoms with E-state index < -0.39 is 0 Å². The molecule has 0 saturated carbocycles. The Kier molecular flexibility index (Phi) is 4.10. The fourth-order valence-electron chi connectivity index (χ4n) is 1.69. The van der Waals surface area contributed by atoms with Crippen LogP contribution in [0.3, 0.4) is 0 Å². The highest BCUT2D eigenvalue weighted by molar-refractivity contribution is 7.98. The topological polar surface area (TPSA) is 17.1 Å². The molecule has 0 aliphatic heterocycles. The summed E-state index contributed by atoms with van der Waals surface area (Å²) in [5.41, 5.74) is 2.30. The average Bonchev–Trinajstić information content (AvgIpc) is 2.41.